The van der Waals surface area contributed by atoms with Crippen LogP contribution in [0.1, 0.15) is 120 Å². The highest BCUT2D eigenvalue weighted by atomic mass is 16.5. The molecule has 0 amide bonds. The molecular formula is C30H52O3. The minimum Gasteiger partial charge on any atom is -0.393 e. The minimum atomic E-state index is -0.239. The summed E-state index contributed by atoms with van der Waals surface area (Å²) in [5, 5.41) is 22.8. The van der Waals surface area contributed by atoms with Gasteiger partial charge in [0.25, 0.3) is 0 Å². The van der Waals surface area contributed by atoms with E-state index in [1.165, 1.54) is 32.1 Å². The van der Waals surface area contributed by atoms with Crippen LogP contribution in [-0.4, -0.2) is 33.6 Å². The van der Waals surface area contributed by atoms with E-state index in [1.807, 2.05) is 0 Å². The van der Waals surface area contributed by atoms with E-state index in [0.29, 0.717) is 23.7 Å². The molecule has 0 aromatic carbocycles. The summed E-state index contributed by atoms with van der Waals surface area (Å²) in [6.07, 6.45) is 10.9. The maximum absolute atomic E-state index is 11.9. The zero-order valence-electron chi connectivity index (χ0n) is 22.8. The molecule has 2 N–H and O–H groups in total. The van der Waals surface area contributed by atoms with Crippen LogP contribution < -0.4 is 0 Å². The van der Waals surface area contributed by atoms with E-state index in [9.17, 15) is 10.2 Å². The van der Waals surface area contributed by atoms with Crippen molar-refractivity contribution in [2.75, 3.05) is 0 Å². The Labute approximate surface area is 203 Å². The van der Waals surface area contributed by atoms with Gasteiger partial charge in [0.1, 0.15) is 0 Å². The van der Waals surface area contributed by atoms with E-state index in [1.54, 1.807) is 0 Å². The quantitative estimate of drug-likeness (QED) is 0.455. The van der Waals surface area contributed by atoms with Gasteiger partial charge in [0, 0.05) is 0 Å². The van der Waals surface area contributed by atoms with Crippen LogP contribution >= 0.6 is 0 Å². The Kier molecular flexibility index (Phi) is 5.38. The maximum Gasteiger partial charge on any atom is 0.0693 e. The van der Waals surface area contributed by atoms with Gasteiger partial charge in [-0.3, -0.25) is 0 Å². The third kappa shape index (κ3) is 3.16. The summed E-state index contributed by atoms with van der Waals surface area (Å²) in [4.78, 5) is 0. The predicted molar refractivity (Wildman–Crippen MR) is 134 cm³/mol. The Balaban J connectivity index is 1.51. The molecule has 3 heteroatoms. The van der Waals surface area contributed by atoms with Crippen LogP contribution in [0.5, 0.6) is 0 Å². The highest BCUT2D eigenvalue weighted by molar-refractivity contribution is 5.20. The van der Waals surface area contributed by atoms with Crippen molar-refractivity contribution in [2.24, 2.45) is 45.3 Å². The van der Waals surface area contributed by atoms with Crippen LogP contribution in [0.2, 0.25) is 0 Å². The van der Waals surface area contributed by atoms with Crippen molar-refractivity contribution in [1.82, 2.24) is 0 Å². The first-order valence-electron chi connectivity index (χ1n) is 14.2. The molecule has 1 aliphatic heterocycles. The molecule has 0 bridgehead atoms. The molecule has 3 nitrogen and oxygen atoms in total. The zero-order valence-corrected chi connectivity index (χ0v) is 22.8. The third-order valence-corrected chi connectivity index (χ3v) is 13.1. The molecule has 190 valence electrons. The number of ether oxygens (including phenoxy) is 1. The zero-order chi connectivity index (χ0) is 24.2. The van der Waals surface area contributed by atoms with Crippen LogP contribution in [-0.2, 0) is 4.74 Å². The van der Waals surface area contributed by atoms with Crippen molar-refractivity contribution in [2.45, 2.75) is 143 Å². The van der Waals surface area contributed by atoms with Crippen molar-refractivity contribution in [1.29, 1.82) is 0 Å². The van der Waals surface area contributed by atoms with Crippen LogP contribution in [0.15, 0.2) is 0 Å². The summed E-state index contributed by atoms with van der Waals surface area (Å²) >= 11 is 0. The van der Waals surface area contributed by atoms with Gasteiger partial charge < -0.3 is 14.9 Å². The van der Waals surface area contributed by atoms with Gasteiger partial charge in [0.05, 0.1) is 23.4 Å². The number of hydrogen-bond donors (Lipinski definition) is 2. The average Bonchev–Trinajstić information content (AvgIpc) is 3.07. The van der Waals surface area contributed by atoms with Crippen molar-refractivity contribution in [3.63, 3.8) is 0 Å². The lowest BCUT2D eigenvalue weighted by molar-refractivity contribution is -0.257. The highest BCUT2D eigenvalue weighted by Gasteiger charge is 2.71. The van der Waals surface area contributed by atoms with Gasteiger partial charge in [-0.2, -0.15) is 0 Å². The van der Waals surface area contributed by atoms with Crippen molar-refractivity contribution in [3.05, 3.63) is 0 Å². The minimum absolute atomic E-state index is 0.0375. The number of hydrogen-bond acceptors (Lipinski definition) is 3. The summed E-state index contributed by atoms with van der Waals surface area (Å²) in [6.45, 7) is 19.2. The fourth-order valence-corrected chi connectivity index (χ4v) is 11.3. The van der Waals surface area contributed by atoms with E-state index < -0.39 is 0 Å². The normalized spacial score (nSPS) is 57.6. The van der Waals surface area contributed by atoms with E-state index in [-0.39, 0.29) is 45.1 Å². The Bertz CT molecular complexity index is 789. The smallest absolute Gasteiger partial charge is 0.0693 e. The molecular weight excluding hydrogens is 408 g/mol. The van der Waals surface area contributed by atoms with Crippen LogP contribution in [0.3, 0.4) is 0 Å². The molecule has 4 saturated carbocycles. The molecule has 0 aromatic heterocycles. The molecule has 5 rings (SSSR count). The summed E-state index contributed by atoms with van der Waals surface area (Å²) < 4.78 is 6.86. The van der Waals surface area contributed by atoms with Crippen LogP contribution in [0, 0.1) is 45.3 Å². The molecule has 1 saturated heterocycles. The topological polar surface area (TPSA) is 49.7 Å². The Morgan fingerprint density at radius 3 is 2.03 bits per heavy atom. The van der Waals surface area contributed by atoms with E-state index >= 15 is 0 Å². The molecule has 10 atom stereocenters. The molecule has 0 radical (unpaired) electrons. The first kappa shape index (κ1) is 24.6. The van der Waals surface area contributed by atoms with Crippen molar-refractivity contribution in [3.8, 4) is 0 Å². The van der Waals surface area contributed by atoms with E-state index in [2.05, 4.69) is 55.4 Å². The second kappa shape index (κ2) is 7.22. The molecule has 0 spiro atoms. The molecule has 4 aliphatic carbocycles. The van der Waals surface area contributed by atoms with Gasteiger partial charge in [-0.05, 0) is 130 Å². The summed E-state index contributed by atoms with van der Waals surface area (Å²) in [5.41, 5.74) is 0.392. The monoisotopic (exact) mass is 460 g/mol. The van der Waals surface area contributed by atoms with Gasteiger partial charge in [-0.15, -0.1) is 0 Å². The first-order valence-corrected chi connectivity index (χ1v) is 14.2. The number of aliphatic hydroxyl groups excluding tert-OH is 2. The lowest BCUT2D eigenvalue weighted by Crippen LogP contribution is -2.66. The fraction of sp³-hybridized carbons (Fsp3) is 1.00. The molecule has 33 heavy (non-hydrogen) atoms. The summed E-state index contributed by atoms with van der Waals surface area (Å²) in [7, 11) is 0. The SMILES string of the molecule is CC1(C)CCC[C@](C)([C@H]2CC[C@]3(C)[C@H]2[C@H](O)C[C@H]2[C@@]4(C)CC[C@H](O)C(C)(C)[C@@H]4CC[C@]23C)O1. The number of fused-ring (bicyclic) bond motifs is 5. The van der Waals surface area contributed by atoms with Crippen molar-refractivity contribution >= 4 is 0 Å². The van der Waals surface area contributed by atoms with E-state index in [0.717, 1.165) is 32.1 Å². The number of aliphatic hydroxyl groups is 2. The highest BCUT2D eigenvalue weighted by Crippen LogP contribution is 2.76. The first-order chi connectivity index (χ1) is 15.1. The Hall–Kier alpha value is -0.120. The van der Waals surface area contributed by atoms with Crippen LogP contribution in [0.25, 0.3) is 0 Å². The van der Waals surface area contributed by atoms with Gasteiger partial charge in [0.2, 0.25) is 0 Å². The molecule has 5 aliphatic rings. The second-order valence-corrected chi connectivity index (χ2v) is 15.4. The lowest BCUT2D eigenvalue weighted by Gasteiger charge is -2.70. The summed E-state index contributed by atoms with van der Waals surface area (Å²) in [5.74, 6) is 1.85. The average molecular weight is 461 g/mol. The molecule has 5 fully saturated rings. The molecule has 0 unspecified atom stereocenters. The molecule has 1 heterocycles. The number of rotatable bonds is 1. The Morgan fingerprint density at radius 2 is 1.36 bits per heavy atom. The predicted octanol–water partition coefficient (Wildman–Crippen LogP) is 6.74. The standard InChI is InChI=1S/C30H52O3/c1-25(2)13-9-14-30(8,33-25)19-10-16-29(7)24(19)20(31)18-22-27(5)15-12-23(32)26(3,4)21(27)11-17-28(22,29)6/h19-24,31-32H,9-18H2,1-8H3/t19-,20+,21-,22-,23-,24+,27-,28+,29+,30+/m0/s1. The van der Waals surface area contributed by atoms with Gasteiger partial charge in [-0.25, -0.2) is 0 Å². The van der Waals surface area contributed by atoms with Gasteiger partial charge in [0.15, 0.2) is 0 Å². The third-order valence-electron chi connectivity index (χ3n) is 13.1. The summed E-state index contributed by atoms with van der Waals surface area (Å²) in [6, 6.07) is 0. The van der Waals surface area contributed by atoms with Gasteiger partial charge in [-0.1, -0.05) is 34.6 Å². The van der Waals surface area contributed by atoms with Crippen LogP contribution in [0.4, 0.5) is 0 Å². The largest absolute Gasteiger partial charge is 0.393 e. The van der Waals surface area contributed by atoms with E-state index in [4.69, 9.17) is 4.74 Å². The second-order valence-electron chi connectivity index (χ2n) is 15.4. The lowest BCUT2D eigenvalue weighted by atomic mass is 9.35. The Morgan fingerprint density at radius 1 is 0.697 bits per heavy atom. The molecule has 0 aromatic rings. The van der Waals surface area contributed by atoms with Crippen molar-refractivity contribution < 1.29 is 14.9 Å². The van der Waals surface area contributed by atoms with Gasteiger partial charge >= 0.3 is 0 Å². The maximum atomic E-state index is 11.9. The fourth-order valence-electron chi connectivity index (χ4n) is 11.3.